The molecule has 1 aliphatic carbocycles. The Morgan fingerprint density at radius 1 is 1.30 bits per heavy atom. The Kier molecular flexibility index (Phi) is 4.29. The molecule has 2 fully saturated rings. The maximum absolute atomic E-state index is 13.7. The minimum absolute atomic E-state index is 0.258. The van der Waals surface area contributed by atoms with E-state index < -0.39 is 11.6 Å². The zero-order valence-corrected chi connectivity index (χ0v) is 11.4. The van der Waals surface area contributed by atoms with Crippen molar-refractivity contribution in [1.82, 2.24) is 10.2 Å². The average Bonchev–Trinajstić information content (AvgIpc) is 3.25. The molecule has 1 atom stereocenters. The normalized spacial score (nSPS) is 24.0. The summed E-state index contributed by atoms with van der Waals surface area (Å²) >= 11 is 0. The molecule has 20 heavy (non-hydrogen) atoms. The first-order valence-electron chi connectivity index (χ1n) is 7.21. The predicted molar refractivity (Wildman–Crippen MR) is 72.4 cm³/mol. The van der Waals surface area contributed by atoms with E-state index in [0.29, 0.717) is 31.4 Å². The van der Waals surface area contributed by atoms with Crippen LogP contribution >= 0.6 is 0 Å². The van der Waals surface area contributed by atoms with Gasteiger partial charge >= 0.3 is 0 Å². The number of hydrogen-bond acceptors (Lipinski definition) is 3. The van der Waals surface area contributed by atoms with Gasteiger partial charge in [0.15, 0.2) is 0 Å². The van der Waals surface area contributed by atoms with Crippen LogP contribution in [0.3, 0.4) is 0 Å². The summed E-state index contributed by atoms with van der Waals surface area (Å²) in [5, 5.41) is 3.49. The third kappa shape index (κ3) is 3.53. The van der Waals surface area contributed by atoms with E-state index in [-0.39, 0.29) is 6.04 Å². The predicted octanol–water partition coefficient (Wildman–Crippen LogP) is 1.92. The summed E-state index contributed by atoms with van der Waals surface area (Å²) in [6, 6.07) is 4.71. The molecule has 1 saturated heterocycles. The quantitative estimate of drug-likeness (QED) is 0.893. The summed E-state index contributed by atoms with van der Waals surface area (Å²) in [5.74, 6) is -0.995. The Morgan fingerprint density at radius 3 is 2.90 bits per heavy atom. The number of rotatable bonds is 5. The van der Waals surface area contributed by atoms with Gasteiger partial charge in [-0.2, -0.15) is 0 Å². The summed E-state index contributed by atoms with van der Waals surface area (Å²) in [6.07, 6.45) is 2.50. The van der Waals surface area contributed by atoms with Gasteiger partial charge in [-0.3, -0.25) is 4.90 Å². The van der Waals surface area contributed by atoms with Gasteiger partial charge in [-0.1, -0.05) is 6.07 Å². The van der Waals surface area contributed by atoms with Gasteiger partial charge in [-0.25, -0.2) is 8.78 Å². The molecule has 5 heteroatoms. The zero-order chi connectivity index (χ0) is 13.9. The van der Waals surface area contributed by atoms with E-state index in [4.69, 9.17) is 4.74 Å². The van der Waals surface area contributed by atoms with Gasteiger partial charge in [0.1, 0.15) is 11.6 Å². The van der Waals surface area contributed by atoms with Crippen molar-refractivity contribution < 1.29 is 13.5 Å². The first-order valence-corrected chi connectivity index (χ1v) is 7.21. The molecule has 3 nitrogen and oxygen atoms in total. The van der Waals surface area contributed by atoms with Crippen molar-refractivity contribution in [2.24, 2.45) is 0 Å². The van der Waals surface area contributed by atoms with Gasteiger partial charge in [0.25, 0.3) is 0 Å². The number of morpholine rings is 1. The van der Waals surface area contributed by atoms with Gasteiger partial charge in [0.2, 0.25) is 0 Å². The topological polar surface area (TPSA) is 24.5 Å². The van der Waals surface area contributed by atoms with E-state index in [1.165, 1.54) is 25.0 Å². The van der Waals surface area contributed by atoms with Crippen LogP contribution in [0.4, 0.5) is 8.78 Å². The first-order chi connectivity index (χ1) is 9.72. The summed E-state index contributed by atoms with van der Waals surface area (Å²) in [4.78, 5) is 2.22. The molecule has 0 radical (unpaired) electrons. The minimum Gasteiger partial charge on any atom is -0.378 e. The standard InChI is InChI=1S/C15H20F2N2O/c16-12-2-1-11(15(17)7-12)9-19-5-6-20-10-14(19)8-18-13-3-4-13/h1-2,7,13-14,18H,3-6,8-10H2. The van der Waals surface area contributed by atoms with Crippen LogP contribution in [0.15, 0.2) is 18.2 Å². The van der Waals surface area contributed by atoms with Crippen LogP contribution in [-0.4, -0.2) is 43.3 Å². The van der Waals surface area contributed by atoms with Gasteiger partial charge in [-0.15, -0.1) is 0 Å². The van der Waals surface area contributed by atoms with E-state index in [1.54, 1.807) is 0 Å². The minimum atomic E-state index is -0.528. The number of ether oxygens (including phenoxy) is 1. The van der Waals surface area contributed by atoms with E-state index in [2.05, 4.69) is 10.2 Å². The Labute approximate surface area is 117 Å². The van der Waals surface area contributed by atoms with Gasteiger partial charge in [-0.05, 0) is 18.9 Å². The number of hydrogen-bond donors (Lipinski definition) is 1. The van der Waals surface area contributed by atoms with E-state index in [9.17, 15) is 8.78 Å². The summed E-state index contributed by atoms with van der Waals surface area (Å²) in [7, 11) is 0. The summed E-state index contributed by atoms with van der Waals surface area (Å²) < 4.78 is 32.2. The summed E-state index contributed by atoms with van der Waals surface area (Å²) in [6.45, 7) is 3.50. The maximum atomic E-state index is 13.7. The fourth-order valence-corrected chi connectivity index (χ4v) is 2.54. The van der Waals surface area contributed by atoms with E-state index >= 15 is 0 Å². The molecule has 0 spiro atoms. The van der Waals surface area contributed by atoms with Crippen LogP contribution < -0.4 is 5.32 Å². The van der Waals surface area contributed by atoms with Gasteiger partial charge in [0.05, 0.1) is 13.2 Å². The second-order valence-electron chi connectivity index (χ2n) is 5.62. The molecule has 1 aromatic rings. The van der Waals surface area contributed by atoms with Gasteiger partial charge < -0.3 is 10.1 Å². The number of benzene rings is 1. The van der Waals surface area contributed by atoms with Crippen molar-refractivity contribution >= 4 is 0 Å². The fraction of sp³-hybridized carbons (Fsp3) is 0.600. The van der Waals surface area contributed by atoms with Crippen LogP contribution in [-0.2, 0) is 11.3 Å². The number of nitrogens with one attached hydrogen (secondary N) is 1. The van der Waals surface area contributed by atoms with Crippen molar-refractivity contribution in [2.45, 2.75) is 31.5 Å². The summed E-state index contributed by atoms with van der Waals surface area (Å²) in [5.41, 5.74) is 0.546. The second kappa shape index (κ2) is 6.16. The molecule has 0 bridgehead atoms. The highest BCUT2D eigenvalue weighted by Crippen LogP contribution is 2.20. The lowest BCUT2D eigenvalue weighted by Gasteiger charge is -2.35. The highest BCUT2D eigenvalue weighted by molar-refractivity contribution is 5.18. The smallest absolute Gasteiger partial charge is 0.130 e. The third-order valence-electron chi connectivity index (χ3n) is 3.96. The molecular weight excluding hydrogens is 262 g/mol. The van der Waals surface area contributed by atoms with Crippen molar-refractivity contribution in [3.8, 4) is 0 Å². The van der Waals surface area contributed by atoms with Crippen molar-refractivity contribution in [3.63, 3.8) is 0 Å². The van der Waals surface area contributed by atoms with Gasteiger partial charge in [0, 0.05) is 43.3 Å². The monoisotopic (exact) mass is 282 g/mol. The number of halogens is 2. The third-order valence-corrected chi connectivity index (χ3v) is 3.96. The molecule has 0 amide bonds. The Morgan fingerprint density at radius 2 is 2.15 bits per heavy atom. The molecule has 1 unspecified atom stereocenters. The van der Waals surface area contributed by atoms with Crippen LogP contribution in [0.1, 0.15) is 18.4 Å². The van der Waals surface area contributed by atoms with Crippen LogP contribution in [0.2, 0.25) is 0 Å². The molecule has 0 aromatic heterocycles. The van der Waals surface area contributed by atoms with E-state index in [0.717, 1.165) is 19.2 Å². The molecule has 1 aliphatic heterocycles. The molecule has 110 valence electrons. The van der Waals surface area contributed by atoms with Crippen molar-refractivity contribution in [1.29, 1.82) is 0 Å². The molecule has 1 heterocycles. The average molecular weight is 282 g/mol. The molecule has 1 aromatic carbocycles. The lowest BCUT2D eigenvalue weighted by atomic mass is 10.1. The van der Waals surface area contributed by atoms with Crippen LogP contribution in [0.5, 0.6) is 0 Å². The molecule has 3 rings (SSSR count). The number of nitrogens with zero attached hydrogens (tertiary/aromatic N) is 1. The second-order valence-corrected chi connectivity index (χ2v) is 5.62. The first kappa shape index (κ1) is 13.9. The SMILES string of the molecule is Fc1ccc(CN2CCOCC2CNC2CC2)c(F)c1. The Hall–Kier alpha value is -1.04. The fourth-order valence-electron chi connectivity index (χ4n) is 2.54. The zero-order valence-electron chi connectivity index (χ0n) is 11.4. The van der Waals surface area contributed by atoms with Crippen molar-refractivity contribution in [2.75, 3.05) is 26.3 Å². The Bertz CT molecular complexity index is 465. The van der Waals surface area contributed by atoms with Crippen molar-refractivity contribution in [3.05, 3.63) is 35.4 Å². The van der Waals surface area contributed by atoms with Crippen LogP contribution in [0.25, 0.3) is 0 Å². The lowest BCUT2D eigenvalue weighted by molar-refractivity contribution is -0.0114. The van der Waals surface area contributed by atoms with Crippen LogP contribution in [0, 0.1) is 11.6 Å². The highest BCUT2D eigenvalue weighted by Gasteiger charge is 2.27. The maximum Gasteiger partial charge on any atom is 0.130 e. The molecule has 1 N–H and O–H groups in total. The molecule has 2 aliphatic rings. The molecular formula is C15H20F2N2O. The van der Waals surface area contributed by atoms with E-state index in [1.807, 2.05) is 0 Å². The lowest BCUT2D eigenvalue weighted by Crippen LogP contribution is -2.50. The highest BCUT2D eigenvalue weighted by atomic mass is 19.1. The molecule has 1 saturated carbocycles. The Balaban J connectivity index is 1.62. The largest absolute Gasteiger partial charge is 0.378 e.